The zero-order chi connectivity index (χ0) is 13.7. The van der Waals surface area contributed by atoms with Crippen molar-refractivity contribution >= 4 is 11.6 Å². The molecule has 2 heterocycles. The van der Waals surface area contributed by atoms with Crippen LogP contribution in [0.3, 0.4) is 0 Å². The van der Waals surface area contributed by atoms with Crippen LogP contribution >= 0.6 is 0 Å². The molecule has 0 aromatic carbocycles. The Labute approximate surface area is 113 Å². The molecule has 0 saturated carbocycles. The highest BCUT2D eigenvalue weighted by molar-refractivity contribution is 5.45. The number of anilines is 2. The van der Waals surface area contributed by atoms with Gasteiger partial charge in [0.1, 0.15) is 23.4 Å². The summed E-state index contributed by atoms with van der Waals surface area (Å²) in [5.41, 5.74) is 0. The summed E-state index contributed by atoms with van der Waals surface area (Å²) in [6, 6.07) is 5.85. The first-order valence-electron chi connectivity index (χ1n) is 6.59. The van der Waals surface area contributed by atoms with Crippen LogP contribution in [0, 0.1) is 6.92 Å². The van der Waals surface area contributed by atoms with E-state index in [0.717, 1.165) is 30.4 Å². The summed E-state index contributed by atoms with van der Waals surface area (Å²) in [7, 11) is 0. The number of pyridine rings is 1. The standard InChI is InChI=1S/C14H20N4O/c1-4-8-15-12-6-5-7-13(18-12)17-11(3)14-16-9-10(2)19-14/h5-7,9,11H,4,8H2,1-3H3,(H2,15,17,18). The Morgan fingerprint density at radius 1 is 1.32 bits per heavy atom. The van der Waals surface area contributed by atoms with Crippen LogP contribution in [0.5, 0.6) is 0 Å². The third kappa shape index (κ3) is 3.71. The largest absolute Gasteiger partial charge is 0.444 e. The van der Waals surface area contributed by atoms with Crippen molar-refractivity contribution in [3.63, 3.8) is 0 Å². The molecule has 0 saturated heterocycles. The Bertz CT molecular complexity index is 524. The van der Waals surface area contributed by atoms with E-state index >= 15 is 0 Å². The maximum absolute atomic E-state index is 5.50. The van der Waals surface area contributed by atoms with Gasteiger partial charge in [0.25, 0.3) is 0 Å². The lowest BCUT2D eigenvalue weighted by molar-refractivity contribution is 0.453. The Kier molecular flexibility index (Phi) is 4.39. The van der Waals surface area contributed by atoms with Crippen LogP contribution in [0.1, 0.15) is 38.0 Å². The average molecular weight is 260 g/mol. The molecule has 1 unspecified atom stereocenters. The van der Waals surface area contributed by atoms with E-state index in [1.54, 1.807) is 6.20 Å². The highest BCUT2D eigenvalue weighted by atomic mass is 16.4. The number of hydrogen-bond donors (Lipinski definition) is 2. The van der Waals surface area contributed by atoms with Gasteiger partial charge in [0.15, 0.2) is 0 Å². The molecule has 0 bridgehead atoms. The SMILES string of the molecule is CCCNc1cccc(NC(C)c2ncc(C)o2)n1. The van der Waals surface area contributed by atoms with Crippen molar-refractivity contribution in [2.24, 2.45) is 0 Å². The fraction of sp³-hybridized carbons (Fsp3) is 0.429. The number of rotatable bonds is 6. The van der Waals surface area contributed by atoms with Crippen LogP contribution in [0.25, 0.3) is 0 Å². The Balaban J connectivity index is 2.02. The smallest absolute Gasteiger partial charge is 0.216 e. The van der Waals surface area contributed by atoms with Crippen LogP contribution in [0.15, 0.2) is 28.8 Å². The molecule has 0 aliphatic carbocycles. The van der Waals surface area contributed by atoms with Gasteiger partial charge in [-0.1, -0.05) is 13.0 Å². The molecule has 1 atom stereocenters. The van der Waals surface area contributed by atoms with Gasteiger partial charge in [-0.3, -0.25) is 0 Å². The van der Waals surface area contributed by atoms with E-state index in [1.807, 2.05) is 32.0 Å². The number of nitrogens with one attached hydrogen (secondary N) is 2. The predicted octanol–water partition coefficient (Wildman–Crippen LogP) is 3.37. The van der Waals surface area contributed by atoms with Crippen LogP contribution < -0.4 is 10.6 Å². The lowest BCUT2D eigenvalue weighted by Gasteiger charge is -2.12. The van der Waals surface area contributed by atoms with E-state index in [1.165, 1.54) is 0 Å². The number of aryl methyl sites for hydroxylation is 1. The molecule has 0 aliphatic heterocycles. The van der Waals surface area contributed by atoms with Gasteiger partial charge in [-0.15, -0.1) is 0 Å². The Morgan fingerprint density at radius 3 is 2.79 bits per heavy atom. The van der Waals surface area contributed by atoms with Crippen LogP contribution in [0.2, 0.25) is 0 Å². The maximum Gasteiger partial charge on any atom is 0.216 e. The summed E-state index contributed by atoms with van der Waals surface area (Å²) in [6.07, 6.45) is 2.80. The molecule has 5 nitrogen and oxygen atoms in total. The second-order valence-electron chi connectivity index (χ2n) is 4.51. The molecule has 0 aliphatic rings. The fourth-order valence-corrected chi connectivity index (χ4v) is 1.72. The van der Waals surface area contributed by atoms with Gasteiger partial charge in [0, 0.05) is 6.54 Å². The minimum Gasteiger partial charge on any atom is -0.444 e. The normalized spacial score (nSPS) is 12.2. The van der Waals surface area contributed by atoms with E-state index < -0.39 is 0 Å². The summed E-state index contributed by atoms with van der Waals surface area (Å²) >= 11 is 0. The van der Waals surface area contributed by atoms with Gasteiger partial charge in [0.2, 0.25) is 5.89 Å². The molecule has 0 amide bonds. The number of oxazole rings is 1. The molecule has 2 aromatic heterocycles. The first-order valence-corrected chi connectivity index (χ1v) is 6.59. The van der Waals surface area contributed by atoms with Gasteiger partial charge < -0.3 is 15.1 Å². The first kappa shape index (κ1) is 13.4. The highest BCUT2D eigenvalue weighted by Gasteiger charge is 2.11. The summed E-state index contributed by atoms with van der Waals surface area (Å²) in [5.74, 6) is 3.17. The Hall–Kier alpha value is -2.04. The van der Waals surface area contributed by atoms with E-state index in [9.17, 15) is 0 Å². The zero-order valence-electron chi connectivity index (χ0n) is 11.6. The summed E-state index contributed by atoms with van der Waals surface area (Å²) in [4.78, 5) is 8.70. The lowest BCUT2D eigenvalue weighted by atomic mass is 10.3. The minimum atomic E-state index is -0.0115. The van der Waals surface area contributed by atoms with Crippen molar-refractivity contribution in [3.05, 3.63) is 36.0 Å². The van der Waals surface area contributed by atoms with E-state index in [4.69, 9.17) is 4.42 Å². The molecular formula is C14H20N4O. The maximum atomic E-state index is 5.50. The third-order valence-electron chi connectivity index (χ3n) is 2.68. The third-order valence-corrected chi connectivity index (χ3v) is 2.68. The molecule has 102 valence electrons. The van der Waals surface area contributed by atoms with Crippen molar-refractivity contribution in [2.45, 2.75) is 33.2 Å². The second-order valence-corrected chi connectivity index (χ2v) is 4.51. The first-order chi connectivity index (χ1) is 9.19. The molecule has 2 aromatic rings. The van der Waals surface area contributed by atoms with Gasteiger partial charge in [-0.05, 0) is 32.4 Å². The molecule has 2 N–H and O–H groups in total. The molecule has 19 heavy (non-hydrogen) atoms. The fourth-order valence-electron chi connectivity index (χ4n) is 1.72. The van der Waals surface area contributed by atoms with E-state index in [0.29, 0.717) is 5.89 Å². The van der Waals surface area contributed by atoms with Crippen molar-refractivity contribution < 1.29 is 4.42 Å². The summed E-state index contributed by atoms with van der Waals surface area (Å²) in [6.45, 7) is 6.93. The second kappa shape index (κ2) is 6.22. The number of nitrogens with zero attached hydrogens (tertiary/aromatic N) is 2. The van der Waals surface area contributed by atoms with E-state index in [2.05, 4.69) is 27.5 Å². The number of aromatic nitrogens is 2. The molecule has 0 radical (unpaired) electrons. The van der Waals surface area contributed by atoms with Gasteiger partial charge in [-0.25, -0.2) is 9.97 Å². The van der Waals surface area contributed by atoms with Crippen molar-refractivity contribution in [1.29, 1.82) is 0 Å². The van der Waals surface area contributed by atoms with Gasteiger partial charge >= 0.3 is 0 Å². The van der Waals surface area contributed by atoms with Crippen LogP contribution in [0.4, 0.5) is 11.6 Å². The number of hydrogen-bond acceptors (Lipinski definition) is 5. The van der Waals surface area contributed by atoms with E-state index in [-0.39, 0.29) is 6.04 Å². The van der Waals surface area contributed by atoms with Crippen molar-refractivity contribution in [3.8, 4) is 0 Å². The highest BCUT2D eigenvalue weighted by Crippen LogP contribution is 2.18. The van der Waals surface area contributed by atoms with Gasteiger partial charge in [0.05, 0.1) is 6.20 Å². The van der Waals surface area contributed by atoms with Crippen molar-refractivity contribution in [1.82, 2.24) is 9.97 Å². The quantitative estimate of drug-likeness (QED) is 0.833. The van der Waals surface area contributed by atoms with Crippen LogP contribution in [-0.4, -0.2) is 16.5 Å². The molecule has 2 rings (SSSR count). The minimum absolute atomic E-state index is 0.0115. The van der Waals surface area contributed by atoms with Crippen LogP contribution in [-0.2, 0) is 0 Å². The molecule has 0 spiro atoms. The monoisotopic (exact) mass is 260 g/mol. The van der Waals surface area contributed by atoms with Crippen molar-refractivity contribution in [2.75, 3.05) is 17.2 Å². The molecular weight excluding hydrogens is 240 g/mol. The topological polar surface area (TPSA) is 63.0 Å². The predicted molar refractivity (Wildman–Crippen MR) is 76.3 cm³/mol. The molecule has 5 heteroatoms. The van der Waals surface area contributed by atoms with Gasteiger partial charge in [-0.2, -0.15) is 0 Å². The Morgan fingerprint density at radius 2 is 2.11 bits per heavy atom. The summed E-state index contributed by atoms with van der Waals surface area (Å²) in [5, 5.41) is 6.54. The molecule has 0 fully saturated rings. The summed E-state index contributed by atoms with van der Waals surface area (Å²) < 4.78 is 5.50. The average Bonchev–Trinajstić information content (AvgIpc) is 2.83. The zero-order valence-corrected chi connectivity index (χ0v) is 11.6. The lowest BCUT2D eigenvalue weighted by Crippen LogP contribution is -2.09.